The van der Waals surface area contributed by atoms with Crippen molar-refractivity contribution in [2.24, 2.45) is 0 Å². The number of nitrogens with zero attached hydrogens (tertiary/aromatic N) is 2. The van der Waals surface area contributed by atoms with Crippen LogP contribution < -0.4 is 0 Å². The fourth-order valence-corrected chi connectivity index (χ4v) is 4.49. The third-order valence-electron chi connectivity index (χ3n) is 3.33. The second-order valence-corrected chi connectivity index (χ2v) is 6.89. The summed E-state index contributed by atoms with van der Waals surface area (Å²) in [5.41, 5.74) is 0. The summed E-state index contributed by atoms with van der Waals surface area (Å²) in [4.78, 5) is 14.6. The van der Waals surface area contributed by atoms with Crippen molar-refractivity contribution in [1.82, 2.24) is 9.29 Å². The molecule has 110 valence electrons. The van der Waals surface area contributed by atoms with Crippen molar-refractivity contribution in [3.8, 4) is 0 Å². The lowest BCUT2D eigenvalue weighted by atomic mass is 10.2. The Kier molecular flexibility index (Phi) is 4.62. The van der Waals surface area contributed by atoms with E-state index in [0.717, 1.165) is 17.1 Å². The summed E-state index contributed by atoms with van der Waals surface area (Å²) in [6.07, 6.45) is 4.53. The molecule has 20 heavy (non-hydrogen) atoms. The van der Waals surface area contributed by atoms with Crippen molar-refractivity contribution >= 4 is 27.6 Å². The van der Waals surface area contributed by atoms with Gasteiger partial charge in [-0.1, -0.05) is 24.4 Å². The number of halogens is 1. The molecule has 0 radical (unpaired) electrons. The third-order valence-corrected chi connectivity index (χ3v) is 5.68. The van der Waals surface area contributed by atoms with Crippen molar-refractivity contribution < 1.29 is 18.3 Å². The van der Waals surface area contributed by atoms with Crippen LogP contribution in [0.25, 0.3) is 0 Å². The van der Waals surface area contributed by atoms with Gasteiger partial charge in [0.25, 0.3) is 0 Å². The zero-order valence-corrected chi connectivity index (χ0v) is 12.3. The first-order valence-electron chi connectivity index (χ1n) is 6.27. The molecule has 1 aliphatic rings. The average molecular weight is 319 g/mol. The minimum atomic E-state index is -3.95. The molecule has 8 heteroatoms. The molecule has 0 aliphatic heterocycles. The molecular weight excluding hydrogens is 304 g/mol. The highest BCUT2D eigenvalue weighted by molar-refractivity contribution is 7.89. The molecule has 1 aromatic rings. The Bertz CT molecular complexity index is 599. The summed E-state index contributed by atoms with van der Waals surface area (Å²) in [7, 11) is -3.95. The molecule has 0 atom stereocenters. The fourth-order valence-electron chi connectivity index (χ4n) is 2.43. The van der Waals surface area contributed by atoms with Gasteiger partial charge in [-0.15, -0.1) is 0 Å². The molecule has 0 unspecified atom stereocenters. The van der Waals surface area contributed by atoms with Crippen molar-refractivity contribution in [3.63, 3.8) is 0 Å². The van der Waals surface area contributed by atoms with Gasteiger partial charge < -0.3 is 5.11 Å². The Labute approximate surface area is 122 Å². The van der Waals surface area contributed by atoms with Gasteiger partial charge >= 0.3 is 5.97 Å². The Balaban J connectivity index is 2.41. The van der Waals surface area contributed by atoms with Gasteiger partial charge in [0, 0.05) is 12.2 Å². The van der Waals surface area contributed by atoms with Crippen LogP contribution in [0.5, 0.6) is 0 Å². The molecule has 2 rings (SSSR count). The summed E-state index contributed by atoms with van der Waals surface area (Å²) in [6, 6.07) is 2.52. The Morgan fingerprint density at radius 1 is 1.45 bits per heavy atom. The van der Waals surface area contributed by atoms with Gasteiger partial charge in [-0.3, -0.25) is 4.79 Å². The lowest BCUT2D eigenvalue weighted by Crippen LogP contribution is -2.42. The van der Waals surface area contributed by atoms with E-state index in [-0.39, 0.29) is 16.1 Å². The quantitative estimate of drug-likeness (QED) is 0.836. The fraction of sp³-hybridized carbons (Fsp3) is 0.500. The zero-order chi connectivity index (χ0) is 14.8. The van der Waals surface area contributed by atoms with E-state index in [1.54, 1.807) is 0 Å². The van der Waals surface area contributed by atoms with E-state index >= 15 is 0 Å². The second-order valence-electron chi connectivity index (χ2n) is 4.67. The SMILES string of the molecule is O=C(O)CN(C1CCCC1)S(=O)(=O)c1cccnc1Cl. The minimum Gasteiger partial charge on any atom is -0.480 e. The summed E-state index contributed by atoms with van der Waals surface area (Å²) >= 11 is 5.83. The van der Waals surface area contributed by atoms with Crippen molar-refractivity contribution in [1.29, 1.82) is 0 Å². The molecule has 1 aliphatic carbocycles. The predicted molar refractivity (Wildman–Crippen MR) is 73.0 cm³/mol. The monoisotopic (exact) mass is 318 g/mol. The van der Waals surface area contributed by atoms with Gasteiger partial charge in [0.2, 0.25) is 10.0 Å². The van der Waals surface area contributed by atoms with E-state index in [1.165, 1.54) is 18.3 Å². The van der Waals surface area contributed by atoms with Crippen LogP contribution in [0.4, 0.5) is 0 Å². The molecule has 1 fully saturated rings. The average Bonchev–Trinajstić information content (AvgIpc) is 2.89. The highest BCUT2D eigenvalue weighted by atomic mass is 35.5. The number of aromatic nitrogens is 1. The number of pyridine rings is 1. The maximum atomic E-state index is 12.6. The maximum Gasteiger partial charge on any atom is 0.318 e. The number of carboxylic acid groups (broad SMARTS) is 1. The van der Waals surface area contributed by atoms with Gasteiger partial charge in [-0.05, 0) is 25.0 Å². The number of hydrogen-bond acceptors (Lipinski definition) is 4. The smallest absolute Gasteiger partial charge is 0.318 e. The van der Waals surface area contributed by atoms with Crippen LogP contribution in [0.15, 0.2) is 23.2 Å². The molecule has 1 heterocycles. The van der Waals surface area contributed by atoms with Crippen LogP contribution >= 0.6 is 11.6 Å². The van der Waals surface area contributed by atoms with E-state index < -0.39 is 22.5 Å². The van der Waals surface area contributed by atoms with Crippen molar-refractivity contribution in [3.05, 3.63) is 23.5 Å². The molecule has 0 amide bonds. The normalized spacial score (nSPS) is 16.7. The molecule has 1 aromatic heterocycles. The van der Waals surface area contributed by atoms with Crippen LogP contribution in [-0.4, -0.2) is 41.4 Å². The summed E-state index contributed by atoms with van der Waals surface area (Å²) in [5, 5.41) is 8.83. The Morgan fingerprint density at radius 2 is 2.10 bits per heavy atom. The predicted octanol–water partition coefficient (Wildman–Crippen LogP) is 1.75. The molecule has 0 aromatic carbocycles. The maximum absolute atomic E-state index is 12.6. The number of hydrogen-bond donors (Lipinski definition) is 1. The number of rotatable bonds is 5. The van der Waals surface area contributed by atoms with Gasteiger partial charge in [0.1, 0.15) is 16.6 Å². The van der Waals surface area contributed by atoms with Crippen LogP contribution in [0.3, 0.4) is 0 Å². The second kappa shape index (κ2) is 6.07. The first kappa shape index (κ1) is 15.2. The summed E-state index contributed by atoms with van der Waals surface area (Å²) in [5.74, 6) is -1.18. The van der Waals surface area contributed by atoms with E-state index in [4.69, 9.17) is 16.7 Å². The Morgan fingerprint density at radius 3 is 2.65 bits per heavy atom. The molecule has 6 nitrogen and oxygen atoms in total. The molecule has 0 bridgehead atoms. The first-order valence-corrected chi connectivity index (χ1v) is 8.09. The van der Waals surface area contributed by atoms with E-state index in [0.29, 0.717) is 12.8 Å². The molecule has 0 spiro atoms. The summed E-state index contributed by atoms with van der Waals surface area (Å²) < 4.78 is 26.3. The largest absolute Gasteiger partial charge is 0.480 e. The van der Waals surface area contributed by atoms with Crippen LogP contribution in [0.2, 0.25) is 5.15 Å². The highest BCUT2D eigenvalue weighted by Gasteiger charge is 2.36. The van der Waals surface area contributed by atoms with E-state index in [1.807, 2.05) is 0 Å². The van der Waals surface area contributed by atoms with Gasteiger partial charge in [0.05, 0.1) is 0 Å². The van der Waals surface area contributed by atoms with Gasteiger partial charge in [0.15, 0.2) is 0 Å². The summed E-state index contributed by atoms with van der Waals surface area (Å²) in [6.45, 7) is -0.557. The molecule has 0 saturated heterocycles. The standard InChI is InChI=1S/C12H15ClN2O4S/c13-12-10(6-3-7-14-12)20(18,19)15(8-11(16)17)9-4-1-2-5-9/h3,6-7,9H,1-2,4-5,8H2,(H,16,17). The number of sulfonamides is 1. The number of aliphatic carboxylic acids is 1. The van der Waals surface area contributed by atoms with E-state index in [2.05, 4.69) is 4.98 Å². The third kappa shape index (κ3) is 3.11. The van der Waals surface area contributed by atoms with E-state index in [9.17, 15) is 13.2 Å². The first-order chi connectivity index (χ1) is 9.43. The highest BCUT2D eigenvalue weighted by Crippen LogP contribution is 2.30. The van der Waals surface area contributed by atoms with Crippen LogP contribution in [0, 0.1) is 0 Å². The van der Waals surface area contributed by atoms with Crippen molar-refractivity contribution in [2.45, 2.75) is 36.6 Å². The van der Waals surface area contributed by atoms with Gasteiger partial charge in [-0.25, -0.2) is 13.4 Å². The molecular formula is C12H15ClN2O4S. The lowest BCUT2D eigenvalue weighted by Gasteiger charge is -2.26. The Hall–Kier alpha value is -1.18. The van der Waals surface area contributed by atoms with Crippen LogP contribution in [-0.2, 0) is 14.8 Å². The molecule has 1 saturated carbocycles. The van der Waals surface area contributed by atoms with Gasteiger partial charge in [-0.2, -0.15) is 4.31 Å². The van der Waals surface area contributed by atoms with Crippen LogP contribution in [0.1, 0.15) is 25.7 Å². The molecule has 1 N–H and O–H groups in total. The number of carboxylic acids is 1. The number of carbonyl (C=O) groups is 1. The minimum absolute atomic E-state index is 0.138. The topological polar surface area (TPSA) is 87.6 Å². The zero-order valence-electron chi connectivity index (χ0n) is 10.7. The van der Waals surface area contributed by atoms with Crippen molar-refractivity contribution in [2.75, 3.05) is 6.54 Å². The lowest BCUT2D eigenvalue weighted by molar-refractivity contribution is -0.137.